The summed E-state index contributed by atoms with van der Waals surface area (Å²) >= 11 is 6.63. The van der Waals surface area contributed by atoms with E-state index >= 15 is 0 Å². The first-order valence-corrected chi connectivity index (χ1v) is 10.3. The van der Waals surface area contributed by atoms with Gasteiger partial charge in [0.25, 0.3) is 0 Å². The Kier molecular flexibility index (Phi) is 6.47. The molecule has 11 heteroatoms. The zero-order chi connectivity index (χ0) is 21.2. The van der Waals surface area contributed by atoms with Crippen LogP contribution in [0.1, 0.15) is 51.8 Å². The highest BCUT2D eigenvalue weighted by atomic mass is 32.1. The van der Waals surface area contributed by atoms with E-state index in [0.717, 1.165) is 23.8 Å². The summed E-state index contributed by atoms with van der Waals surface area (Å²) in [6.07, 6.45) is -2.08. The number of thiophene rings is 1. The number of ether oxygens (including phenoxy) is 1. The third-order valence-electron chi connectivity index (χ3n) is 4.42. The molecule has 0 unspecified atom stereocenters. The molecule has 29 heavy (non-hydrogen) atoms. The molecule has 2 aromatic heterocycles. The summed E-state index contributed by atoms with van der Waals surface area (Å²) in [4.78, 5) is 12.7. The summed E-state index contributed by atoms with van der Waals surface area (Å²) in [6.45, 7) is 2.69. The quantitative estimate of drug-likeness (QED) is 0.375. The molecular weight excluding hydrogens is 425 g/mol. The molecule has 3 rings (SSSR count). The molecule has 158 valence electrons. The number of thiocarbonyl (C=S) groups is 1. The molecule has 0 aliphatic heterocycles. The van der Waals surface area contributed by atoms with E-state index in [4.69, 9.17) is 17.0 Å². The Balaban J connectivity index is 1.52. The third-order valence-corrected chi connectivity index (χ3v) is 5.63. The number of methoxy groups -OCH3 is 1. The lowest BCUT2D eigenvalue weighted by atomic mass is 10.2. The van der Waals surface area contributed by atoms with E-state index in [0.29, 0.717) is 40.9 Å². The van der Waals surface area contributed by atoms with Crippen molar-refractivity contribution in [3.63, 3.8) is 0 Å². The first kappa shape index (κ1) is 21.6. The minimum absolute atomic E-state index is 0.174. The smallest absolute Gasteiger partial charge is 0.435 e. The van der Waals surface area contributed by atoms with Gasteiger partial charge in [0.15, 0.2) is 10.8 Å². The number of esters is 1. The molecular formula is C18H21F3N4O2S2. The molecule has 0 bridgehead atoms. The summed E-state index contributed by atoms with van der Waals surface area (Å²) in [5.41, 5.74) is 0.215. The van der Waals surface area contributed by atoms with Gasteiger partial charge in [-0.15, -0.1) is 11.3 Å². The van der Waals surface area contributed by atoms with Gasteiger partial charge in [-0.3, -0.25) is 4.68 Å². The van der Waals surface area contributed by atoms with Gasteiger partial charge in [0.2, 0.25) is 0 Å². The maximum Gasteiger partial charge on any atom is 0.435 e. The fourth-order valence-corrected chi connectivity index (χ4v) is 4.08. The Morgan fingerprint density at radius 1 is 1.41 bits per heavy atom. The Hall–Kier alpha value is -2.14. The van der Waals surface area contributed by atoms with Crippen molar-refractivity contribution in [3.05, 3.63) is 34.0 Å². The van der Waals surface area contributed by atoms with Gasteiger partial charge in [-0.05, 0) is 50.5 Å². The molecule has 0 radical (unpaired) electrons. The number of carbonyl (C=O) groups excluding carboxylic acids is 1. The normalized spacial score (nSPS) is 14.0. The standard InChI is InChI=1S/C18H21F3N4O2S2/c1-10-8-12(16(26)27-2)15(29-10)23-17(28)22-6-3-7-25-13(11-4-5-11)9-14(24-25)18(19,20)21/h8-9,11H,3-7H2,1-2H3,(H2,22,23,28). The fourth-order valence-electron chi connectivity index (χ4n) is 2.90. The molecule has 0 amide bonds. The molecule has 0 saturated heterocycles. The van der Waals surface area contributed by atoms with E-state index in [1.54, 1.807) is 6.07 Å². The van der Waals surface area contributed by atoms with Gasteiger partial charge in [0.05, 0.1) is 12.7 Å². The van der Waals surface area contributed by atoms with Crippen LogP contribution in [-0.2, 0) is 17.5 Å². The van der Waals surface area contributed by atoms with Crippen LogP contribution in [0.4, 0.5) is 18.2 Å². The van der Waals surface area contributed by atoms with Crippen LogP contribution in [0.5, 0.6) is 0 Å². The third kappa shape index (κ3) is 5.47. The summed E-state index contributed by atoms with van der Waals surface area (Å²) in [5, 5.41) is 10.6. The van der Waals surface area contributed by atoms with E-state index in [-0.39, 0.29) is 5.92 Å². The maximum atomic E-state index is 12.9. The molecule has 0 aromatic carbocycles. The van der Waals surface area contributed by atoms with Crippen molar-refractivity contribution in [1.82, 2.24) is 15.1 Å². The van der Waals surface area contributed by atoms with Crippen molar-refractivity contribution in [3.8, 4) is 0 Å². The Morgan fingerprint density at radius 2 is 2.14 bits per heavy atom. The summed E-state index contributed by atoms with van der Waals surface area (Å²) < 4.78 is 45.0. The second kappa shape index (κ2) is 8.70. The van der Waals surface area contributed by atoms with Crippen molar-refractivity contribution < 1.29 is 22.7 Å². The Bertz CT molecular complexity index is 904. The van der Waals surface area contributed by atoms with Crippen molar-refractivity contribution in [2.24, 2.45) is 0 Å². The zero-order valence-electron chi connectivity index (χ0n) is 15.9. The average Bonchev–Trinajstić information content (AvgIpc) is 3.29. The first-order valence-electron chi connectivity index (χ1n) is 9.07. The van der Waals surface area contributed by atoms with Gasteiger partial charge in [-0.25, -0.2) is 4.79 Å². The number of nitrogens with one attached hydrogen (secondary N) is 2. The highest BCUT2D eigenvalue weighted by Crippen LogP contribution is 2.42. The molecule has 0 atom stereocenters. The number of aryl methyl sites for hydroxylation is 2. The lowest BCUT2D eigenvalue weighted by Crippen LogP contribution is -2.30. The van der Waals surface area contributed by atoms with Gasteiger partial charge in [0.1, 0.15) is 5.00 Å². The number of carbonyl (C=O) groups is 1. The maximum absolute atomic E-state index is 12.9. The second-order valence-corrected chi connectivity index (χ2v) is 8.44. The number of halogens is 3. The largest absolute Gasteiger partial charge is 0.465 e. The number of rotatable bonds is 7. The number of aromatic nitrogens is 2. The van der Waals surface area contributed by atoms with E-state index in [9.17, 15) is 18.0 Å². The molecule has 2 N–H and O–H groups in total. The van der Waals surface area contributed by atoms with Crippen LogP contribution in [0.2, 0.25) is 0 Å². The van der Waals surface area contributed by atoms with Crippen LogP contribution in [0.15, 0.2) is 12.1 Å². The van der Waals surface area contributed by atoms with Gasteiger partial charge in [0, 0.05) is 29.6 Å². The van der Waals surface area contributed by atoms with Gasteiger partial charge < -0.3 is 15.4 Å². The van der Waals surface area contributed by atoms with Crippen LogP contribution in [0.3, 0.4) is 0 Å². The molecule has 1 aliphatic rings. The van der Waals surface area contributed by atoms with E-state index in [2.05, 4.69) is 15.7 Å². The van der Waals surface area contributed by atoms with Gasteiger partial charge in [-0.1, -0.05) is 0 Å². The Morgan fingerprint density at radius 3 is 2.76 bits per heavy atom. The van der Waals surface area contributed by atoms with Gasteiger partial charge >= 0.3 is 12.1 Å². The second-order valence-electron chi connectivity index (χ2n) is 6.78. The van der Waals surface area contributed by atoms with E-state index in [1.807, 2.05) is 6.92 Å². The Labute approximate surface area is 175 Å². The first-order chi connectivity index (χ1) is 13.7. The van der Waals surface area contributed by atoms with Crippen molar-refractivity contribution in [1.29, 1.82) is 0 Å². The zero-order valence-corrected chi connectivity index (χ0v) is 17.6. The van der Waals surface area contributed by atoms with E-state index in [1.165, 1.54) is 23.1 Å². The number of hydrogen-bond donors (Lipinski definition) is 2. The summed E-state index contributed by atoms with van der Waals surface area (Å²) in [6, 6.07) is 2.88. The minimum atomic E-state index is -4.44. The van der Waals surface area contributed by atoms with Crippen LogP contribution >= 0.6 is 23.6 Å². The monoisotopic (exact) mass is 446 g/mol. The number of anilines is 1. The molecule has 1 aliphatic carbocycles. The number of hydrogen-bond acceptors (Lipinski definition) is 5. The topological polar surface area (TPSA) is 68.2 Å². The number of nitrogens with zero attached hydrogens (tertiary/aromatic N) is 2. The highest BCUT2D eigenvalue weighted by Gasteiger charge is 2.37. The summed E-state index contributed by atoms with van der Waals surface area (Å²) in [7, 11) is 1.31. The summed E-state index contributed by atoms with van der Waals surface area (Å²) in [5.74, 6) is -0.278. The SMILES string of the molecule is COC(=O)c1cc(C)sc1NC(=S)NCCCn1nc(C(F)(F)F)cc1C1CC1. The van der Waals surface area contributed by atoms with Crippen LogP contribution in [-0.4, -0.2) is 34.5 Å². The van der Waals surface area contributed by atoms with Crippen molar-refractivity contribution in [2.75, 3.05) is 19.0 Å². The van der Waals surface area contributed by atoms with Crippen molar-refractivity contribution >= 4 is 39.6 Å². The predicted molar refractivity (Wildman–Crippen MR) is 108 cm³/mol. The molecule has 1 fully saturated rings. The van der Waals surface area contributed by atoms with Crippen LogP contribution in [0, 0.1) is 6.92 Å². The highest BCUT2D eigenvalue weighted by molar-refractivity contribution is 7.80. The van der Waals surface area contributed by atoms with Gasteiger partial charge in [-0.2, -0.15) is 18.3 Å². The molecule has 6 nitrogen and oxygen atoms in total. The molecule has 2 heterocycles. The molecule has 0 spiro atoms. The fraction of sp³-hybridized carbons (Fsp3) is 0.500. The number of alkyl halides is 3. The van der Waals surface area contributed by atoms with Crippen molar-refractivity contribution in [2.45, 2.75) is 44.8 Å². The lowest BCUT2D eigenvalue weighted by molar-refractivity contribution is -0.141. The molecule has 1 saturated carbocycles. The van der Waals surface area contributed by atoms with Crippen LogP contribution < -0.4 is 10.6 Å². The lowest BCUT2D eigenvalue weighted by Gasteiger charge is -2.11. The van der Waals surface area contributed by atoms with Crippen LogP contribution in [0.25, 0.3) is 0 Å². The van der Waals surface area contributed by atoms with E-state index < -0.39 is 17.8 Å². The molecule has 2 aromatic rings. The minimum Gasteiger partial charge on any atom is -0.465 e. The predicted octanol–water partition coefficient (Wildman–Crippen LogP) is 4.31. The average molecular weight is 447 g/mol.